The van der Waals surface area contributed by atoms with Gasteiger partial charge in [0.1, 0.15) is 0 Å². The molecule has 4 rings (SSSR count). The molecule has 0 bridgehead atoms. The lowest BCUT2D eigenvalue weighted by atomic mass is 10.0. The van der Waals surface area contributed by atoms with Crippen LogP contribution < -0.4 is 5.43 Å². The van der Waals surface area contributed by atoms with Crippen LogP contribution in [0.4, 0.5) is 17.6 Å². The van der Waals surface area contributed by atoms with E-state index in [9.17, 15) is 27.5 Å². The van der Waals surface area contributed by atoms with Gasteiger partial charge in [-0.1, -0.05) is 15.9 Å². The number of hydrogen-bond donors (Lipinski definition) is 2. The molecule has 1 aromatic heterocycles. The van der Waals surface area contributed by atoms with Crippen LogP contribution in [0.1, 0.15) is 34.8 Å². The Hall–Kier alpha value is -2.20. The van der Waals surface area contributed by atoms with Crippen molar-refractivity contribution < 1.29 is 27.5 Å². The highest BCUT2D eigenvalue weighted by Crippen LogP contribution is 2.41. The quantitative estimate of drug-likeness (QED) is 0.679. The van der Waals surface area contributed by atoms with Crippen LogP contribution in [-0.2, 0) is 0 Å². The average Bonchev–Trinajstić information content (AvgIpc) is 3.42. The summed E-state index contributed by atoms with van der Waals surface area (Å²) < 4.78 is 53.7. The fourth-order valence-electron chi connectivity index (χ4n) is 3.13. The summed E-state index contributed by atoms with van der Waals surface area (Å²) in [5, 5.41) is 10.8. The third-order valence-electron chi connectivity index (χ3n) is 4.74. The maximum atomic E-state index is 13.5. The highest BCUT2D eigenvalue weighted by molar-refractivity contribution is 9.10. The van der Waals surface area contributed by atoms with Crippen LogP contribution in [0, 0.1) is 0 Å². The normalized spacial score (nSPS) is 22.1. The first-order valence-corrected chi connectivity index (χ1v) is 9.23. The maximum Gasteiger partial charge on any atom is 0.291 e. The van der Waals surface area contributed by atoms with Crippen molar-refractivity contribution in [2.75, 3.05) is 0 Å². The van der Waals surface area contributed by atoms with Crippen LogP contribution in [-0.4, -0.2) is 39.6 Å². The number of hydrogen-bond acceptors (Lipinski definition) is 4. The Bertz CT molecular complexity index is 996. The smallest absolute Gasteiger partial charge is 0.291 e. The van der Waals surface area contributed by atoms with Crippen LogP contribution in [0.5, 0.6) is 0 Å². The summed E-state index contributed by atoms with van der Waals surface area (Å²) in [5.74, 6) is -0.892. The summed E-state index contributed by atoms with van der Waals surface area (Å²) in [5.41, 5.74) is -1.13. The maximum absolute atomic E-state index is 13.5. The first-order chi connectivity index (χ1) is 13.2. The predicted molar refractivity (Wildman–Crippen MR) is 95.8 cm³/mol. The molecule has 1 aliphatic heterocycles. The van der Waals surface area contributed by atoms with E-state index in [0.29, 0.717) is 21.1 Å². The summed E-state index contributed by atoms with van der Waals surface area (Å²) in [4.78, 5) is 17.6. The second kappa shape index (κ2) is 6.70. The predicted octanol–water partition coefficient (Wildman–Crippen LogP) is 3.94. The number of nitrogens with one attached hydrogen (secondary N) is 1. The Balaban J connectivity index is 1.83. The number of carbonyl (C=O) groups excluding carboxylic acids is 1. The highest BCUT2D eigenvalue weighted by atomic mass is 79.9. The lowest BCUT2D eigenvalue weighted by molar-refractivity contribution is -0.146. The molecule has 0 radical (unpaired) electrons. The first kappa shape index (κ1) is 19.1. The van der Waals surface area contributed by atoms with Crippen molar-refractivity contribution in [1.29, 1.82) is 0 Å². The third-order valence-corrected chi connectivity index (χ3v) is 5.24. The molecule has 2 aliphatic rings. The van der Waals surface area contributed by atoms with Gasteiger partial charge in [0.25, 0.3) is 18.8 Å². The van der Waals surface area contributed by atoms with Gasteiger partial charge in [0.2, 0.25) is 5.72 Å². The lowest BCUT2D eigenvalue weighted by Gasteiger charge is -2.32. The number of aromatic nitrogens is 1. The molecule has 0 spiro atoms. The van der Waals surface area contributed by atoms with Crippen molar-refractivity contribution in [2.24, 2.45) is 0 Å². The zero-order valence-corrected chi connectivity index (χ0v) is 15.8. The number of allylic oxidation sites excluding steroid dienone is 1. The van der Waals surface area contributed by atoms with Crippen molar-refractivity contribution in [1.82, 2.24) is 15.4 Å². The molecule has 2 aromatic rings. The number of hydrazine groups is 1. The fourth-order valence-corrected chi connectivity index (χ4v) is 3.50. The Morgan fingerprint density at radius 3 is 2.61 bits per heavy atom. The van der Waals surface area contributed by atoms with E-state index in [1.165, 1.54) is 6.07 Å². The molecule has 0 saturated heterocycles. The van der Waals surface area contributed by atoms with Gasteiger partial charge in [0, 0.05) is 27.5 Å². The highest BCUT2D eigenvalue weighted by Gasteiger charge is 2.51. The second-order valence-electron chi connectivity index (χ2n) is 6.77. The number of carbonyl (C=O) groups is 1. The SMILES string of the molecule is O=C(c1cc(C2CC2)nc2ccc(Br)cc12)N1NC(C(F)F)=CC1(O)C(F)F. The number of alkyl halides is 4. The molecule has 148 valence electrons. The summed E-state index contributed by atoms with van der Waals surface area (Å²) >= 11 is 3.29. The van der Waals surface area contributed by atoms with Gasteiger partial charge < -0.3 is 5.11 Å². The summed E-state index contributed by atoms with van der Waals surface area (Å²) in [7, 11) is 0. The molecule has 28 heavy (non-hydrogen) atoms. The standard InChI is InChI=1S/C18H14BrF4N3O2/c19-9-3-4-12-10(5-9)11(6-13(24-12)8-1-2-8)16(27)26-18(28,17(22)23)7-14(25-26)15(20)21/h3-8,15,17,25,28H,1-2H2. The average molecular weight is 460 g/mol. The van der Waals surface area contributed by atoms with Crippen molar-refractivity contribution in [3.05, 3.63) is 51.8 Å². The number of halogens is 5. The summed E-state index contributed by atoms with van der Waals surface area (Å²) in [6.07, 6.45) is -4.59. The molecule has 1 atom stereocenters. The van der Waals surface area contributed by atoms with Crippen LogP contribution in [0.25, 0.3) is 10.9 Å². The third kappa shape index (κ3) is 3.14. The molecule has 1 aromatic carbocycles. The van der Waals surface area contributed by atoms with Crippen molar-refractivity contribution in [2.45, 2.75) is 37.3 Å². The van der Waals surface area contributed by atoms with E-state index < -0.39 is 30.2 Å². The first-order valence-electron chi connectivity index (χ1n) is 8.43. The van der Waals surface area contributed by atoms with E-state index in [-0.39, 0.29) is 22.6 Å². The van der Waals surface area contributed by atoms with E-state index in [1.54, 1.807) is 18.2 Å². The number of fused-ring (bicyclic) bond motifs is 1. The monoisotopic (exact) mass is 459 g/mol. The van der Waals surface area contributed by atoms with Gasteiger partial charge >= 0.3 is 0 Å². The summed E-state index contributed by atoms with van der Waals surface area (Å²) in [6.45, 7) is 0. The van der Waals surface area contributed by atoms with Crippen LogP contribution in [0.2, 0.25) is 0 Å². The lowest BCUT2D eigenvalue weighted by Crippen LogP contribution is -2.56. The largest absolute Gasteiger partial charge is 0.361 e. The Labute approximate surface area is 165 Å². The van der Waals surface area contributed by atoms with E-state index in [0.717, 1.165) is 12.8 Å². The van der Waals surface area contributed by atoms with E-state index >= 15 is 0 Å². The number of pyridine rings is 1. The molecule has 1 saturated carbocycles. The van der Waals surface area contributed by atoms with E-state index in [1.807, 2.05) is 5.43 Å². The van der Waals surface area contributed by atoms with Gasteiger partial charge in [-0.05, 0) is 37.1 Å². The molecular weight excluding hydrogens is 446 g/mol. The molecular formula is C18H14BrF4N3O2. The minimum Gasteiger partial charge on any atom is -0.361 e. The Kier molecular flexibility index (Phi) is 4.58. The fraction of sp³-hybridized carbons (Fsp3) is 0.333. The van der Waals surface area contributed by atoms with Gasteiger partial charge in [0.05, 0.1) is 16.8 Å². The number of rotatable bonds is 4. The zero-order valence-electron chi connectivity index (χ0n) is 14.2. The molecule has 1 amide bonds. The molecule has 1 aliphatic carbocycles. The Morgan fingerprint density at radius 2 is 2.00 bits per heavy atom. The van der Waals surface area contributed by atoms with Crippen molar-refractivity contribution in [3.8, 4) is 0 Å². The minimum absolute atomic E-state index is 0.0105. The van der Waals surface area contributed by atoms with Crippen LogP contribution in [0.3, 0.4) is 0 Å². The van der Waals surface area contributed by atoms with Gasteiger partial charge in [0.15, 0.2) is 0 Å². The molecule has 1 unspecified atom stereocenters. The molecule has 5 nitrogen and oxygen atoms in total. The number of benzene rings is 1. The minimum atomic E-state index is -3.50. The van der Waals surface area contributed by atoms with Gasteiger partial charge in [-0.15, -0.1) is 0 Å². The molecule has 2 heterocycles. The number of nitrogens with zero attached hydrogens (tertiary/aromatic N) is 2. The Morgan fingerprint density at radius 1 is 1.29 bits per heavy atom. The number of amides is 1. The van der Waals surface area contributed by atoms with E-state index in [2.05, 4.69) is 20.9 Å². The van der Waals surface area contributed by atoms with Crippen LogP contribution >= 0.6 is 15.9 Å². The molecule has 10 heteroatoms. The van der Waals surface area contributed by atoms with E-state index in [4.69, 9.17) is 0 Å². The zero-order chi connectivity index (χ0) is 20.2. The topological polar surface area (TPSA) is 65.5 Å². The summed E-state index contributed by atoms with van der Waals surface area (Å²) in [6, 6.07) is 6.45. The van der Waals surface area contributed by atoms with Gasteiger partial charge in [-0.2, -0.15) is 0 Å². The number of aliphatic hydroxyl groups is 1. The molecule has 2 N–H and O–H groups in total. The second-order valence-corrected chi connectivity index (χ2v) is 7.68. The van der Waals surface area contributed by atoms with Crippen molar-refractivity contribution in [3.63, 3.8) is 0 Å². The van der Waals surface area contributed by atoms with Crippen LogP contribution in [0.15, 0.2) is 40.5 Å². The molecule has 1 fully saturated rings. The van der Waals surface area contributed by atoms with Gasteiger partial charge in [-0.25, -0.2) is 22.6 Å². The van der Waals surface area contributed by atoms with Gasteiger partial charge in [-0.3, -0.25) is 15.2 Å². The van der Waals surface area contributed by atoms with Crippen molar-refractivity contribution >= 4 is 32.7 Å².